The monoisotopic (exact) mass is 374 g/mol. The number of hydrogen-bond donors (Lipinski definition) is 0. The molecule has 0 aromatic heterocycles. The van der Waals surface area contributed by atoms with Crippen LogP contribution in [-0.4, -0.2) is 11.0 Å². The van der Waals surface area contributed by atoms with Gasteiger partial charge < -0.3 is 4.74 Å². The molecule has 1 unspecified atom stereocenters. The summed E-state index contributed by atoms with van der Waals surface area (Å²) in [5.41, 5.74) is 2.54. The summed E-state index contributed by atoms with van der Waals surface area (Å²) in [7, 11) is 0. The van der Waals surface area contributed by atoms with E-state index in [1.54, 1.807) is 0 Å². The topological polar surface area (TPSA) is 9.23 Å². The molecule has 0 amide bonds. The Balaban J connectivity index is 2.71. The molecule has 1 aromatic rings. The first-order valence-electron chi connectivity index (χ1n) is 7.34. The second-order valence-corrected chi connectivity index (χ2v) is 6.46. The normalized spacial score (nSPS) is 14.6. The van der Waals surface area contributed by atoms with Crippen LogP contribution < -0.4 is 0 Å². The van der Waals surface area contributed by atoms with Gasteiger partial charge in [0, 0.05) is 11.0 Å². The van der Waals surface area contributed by atoms with E-state index >= 15 is 0 Å². The highest BCUT2D eigenvalue weighted by Gasteiger charge is 2.26. The summed E-state index contributed by atoms with van der Waals surface area (Å²) in [6.07, 6.45) is 3.66. The van der Waals surface area contributed by atoms with Gasteiger partial charge in [-0.25, -0.2) is 0 Å². The van der Waals surface area contributed by atoms with Crippen LogP contribution in [0.3, 0.4) is 0 Å². The maximum Gasteiger partial charge on any atom is 0.0992 e. The van der Waals surface area contributed by atoms with Crippen molar-refractivity contribution in [1.29, 1.82) is 0 Å². The van der Waals surface area contributed by atoms with Gasteiger partial charge in [0.15, 0.2) is 0 Å². The largest absolute Gasteiger partial charge is 0.370 e. The van der Waals surface area contributed by atoms with Crippen molar-refractivity contribution >= 4 is 22.6 Å². The van der Waals surface area contributed by atoms with E-state index in [2.05, 4.69) is 74.6 Å². The summed E-state index contributed by atoms with van der Waals surface area (Å²) in [5.74, 6) is 0.588. The third kappa shape index (κ3) is 5.07. The lowest BCUT2D eigenvalue weighted by atomic mass is 9.94. The van der Waals surface area contributed by atoms with Crippen molar-refractivity contribution in [2.24, 2.45) is 0 Å². The molecule has 108 valence electrons. The Labute approximate surface area is 132 Å². The van der Waals surface area contributed by atoms with Crippen molar-refractivity contribution in [3.05, 3.63) is 35.4 Å². The average Bonchev–Trinajstić information content (AvgIpc) is 2.43. The van der Waals surface area contributed by atoms with Crippen molar-refractivity contribution < 1.29 is 4.74 Å². The minimum Gasteiger partial charge on any atom is -0.370 e. The van der Waals surface area contributed by atoms with E-state index in [0.29, 0.717) is 5.92 Å². The first-order valence-corrected chi connectivity index (χ1v) is 8.86. The lowest BCUT2D eigenvalue weighted by Crippen LogP contribution is -2.28. The summed E-state index contributed by atoms with van der Waals surface area (Å²) in [6.45, 7) is 9.75. The molecule has 0 saturated heterocycles. The molecule has 0 spiro atoms. The zero-order valence-corrected chi connectivity index (χ0v) is 14.9. The van der Waals surface area contributed by atoms with Gasteiger partial charge in [-0.3, -0.25) is 0 Å². The highest BCUT2D eigenvalue weighted by Crippen LogP contribution is 2.29. The maximum absolute atomic E-state index is 6.16. The molecule has 1 aromatic carbocycles. The molecule has 0 N–H and O–H groups in total. The lowest BCUT2D eigenvalue weighted by molar-refractivity contribution is -0.0171. The van der Waals surface area contributed by atoms with Crippen LogP contribution in [0.1, 0.15) is 64.0 Å². The summed E-state index contributed by atoms with van der Waals surface area (Å²) < 4.78 is 7.14. The van der Waals surface area contributed by atoms with Gasteiger partial charge in [0.25, 0.3) is 0 Å². The summed E-state index contributed by atoms with van der Waals surface area (Å²) >= 11 is 2.43. The summed E-state index contributed by atoms with van der Waals surface area (Å²) in [6, 6.07) is 8.93. The van der Waals surface area contributed by atoms with Gasteiger partial charge in [-0.05, 0) is 30.4 Å². The number of rotatable bonds is 8. The molecule has 1 rings (SSSR count). The van der Waals surface area contributed by atoms with Gasteiger partial charge in [-0.2, -0.15) is 0 Å². The van der Waals surface area contributed by atoms with E-state index in [-0.39, 0.29) is 5.60 Å². The van der Waals surface area contributed by atoms with Crippen LogP contribution in [0.2, 0.25) is 0 Å². The van der Waals surface area contributed by atoms with Crippen molar-refractivity contribution in [1.82, 2.24) is 0 Å². The predicted octanol–water partition coefficient (Wildman–Crippen LogP) is 5.67. The van der Waals surface area contributed by atoms with Gasteiger partial charge in [-0.1, -0.05) is 80.5 Å². The van der Waals surface area contributed by atoms with E-state index in [1.807, 2.05) is 0 Å². The third-order valence-electron chi connectivity index (χ3n) is 3.61. The molecular formula is C17H27IO. The standard InChI is InChI=1S/C17H27IO/c1-5-6-7-12-19-17(4,13-18)16-10-8-15(9-11-16)14(2)3/h8-11,14H,5-7,12-13H2,1-4H3. The molecular weight excluding hydrogens is 347 g/mol. The van der Waals surface area contributed by atoms with E-state index in [1.165, 1.54) is 24.0 Å². The Hall–Kier alpha value is -0.0900. The van der Waals surface area contributed by atoms with Crippen molar-refractivity contribution in [2.75, 3.05) is 11.0 Å². The fourth-order valence-corrected chi connectivity index (χ4v) is 2.73. The predicted molar refractivity (Wildman–Crippen MR) is 92.2 cm³/mol. The minimum atomic E-state index is -0.149. The van der Waals surface area contributed by atoms with Crippen LogP contribution >= 0.6 is 22.6 Å². The molecule has 1 atom stereocenters. The van der Waals surface area contributed by atoms with Crippen molar-refractivity contribution in [2.45, 2.75) is 58.5 Å². The van der Waals surface area contributed by atoms with E-state index in [9.17, 15) is 0 Å². The zero-order valence-electron chi connectivity index (χ0n) is 12.7. The molecule has 0 aliphatic carbocycles. The smallest absolute Gasteiger partial charge is 0.0992 e. The van der Waals surface area contributed by atoms with E-state index in [4.69, 9.17) is 4.74 Å². The molecule has 1 nitrogen and oxygen atoms in total. The molecule has 0 heterocycles. The number of alkyl halides is 1. The Kier molecular flexibility index (Phi) is 7.37. The highest BCUT2D eigenvalue weighted by molar-refractivity contribution is 14.1. The summed E-state index contributed by atoms with van der Waals surface area (Å²) in [5, 5.41) is 0. The minimum absolute atomic E-state index is 0.149. The zero-order chi connectivity index (χ0) is 14.3. The molecule has 0 saturated carbocycles. The van der Waals surface area contributed by atoms with Gasteiger partial charge in [0.05, 0.1) is 5.60 Å². The van der Waals surface area contributed by atoms with Crippen LogP contribution in [0.15, 0.2) is 24.3 Å². The fraction of sp³-hybridized carbons (Fsp3) is 0.647. The molecule has 0 fully saturated rings. The Morgan fingerprint density at radius 2 is 1.79 bits per heavy atom. The molecule has 0 aliphatic rings. The van der Waals surface area contributed by atoms with Crippen molar-refractivity contribution in [3.63, 3.8) is 0 Å². The molecule has 0 aliphatic heterocycles. The van der Waals surface area contributed by atoms with Crippen LogP contribution in [0, 0.1) is 0 Å². The van der Waals surface area contributed by atoms with Gasteiger partial charge in [0.1, 0.15) is 0 Å². The maximum atomic E-state index is 6.16. The second-order valence-electron chi connectivity index (χ2n) is 5.70. The third-order valence-corrected chi connectivity index (χ3v) is 5.07. The van der Waals surface area contributed by atoms with Crippen molar-refractivity contribution in [3.8, 4) is 0 Å². The van der Waals surface area contributed by atoms with Crippen LogP contribution in [-0.2, 0) is 10.3 Å². The van der Waals surface area contributed by atoms with Gasteiger partial charge in [0.2, 0.25) is 0 Å². The first kappa shape index (κ1) is 17.0. The van der Waals surface area contributed by atoms with Crippen LogP contribution in [0.4, 0.5) is 0 Å². The SMILES string of the molecule is CCCCCOC(C)(CI)c1ccc(C(C)C)cc1. The van der Waals surface area contributed by atoms with E-state index in [0.717, 1.165) is 17.5 Å². The number of halogens is 1. The Morgan fingerprint density at radius 3 is 2.26 bits per heavy atom. The Bertz CT molecular complexity index is 358. The molecule has 2 heteroatoms. The number of ether oxygens (including phenoxy) is 1. The second kappa shape index (κ2) is 8.25. The van der Waals surface area contributed by atoms with Crippen LogP contribution in [0.5, 0.6) is 0 Å². The molecule has 0 bridgehead atoms. The number of unbranched alkanes of at least 4 members (excludes halogenated alkanes) is 2. The van der Waals surface area contributed by atoms with E-state index < -0.39 is 0 Å². The molecule has 0 radical (unpaired) electrons. The Morgan fingerprint density at radius 1 is 1.16 bits per heavy atom. The number of hydrogen-bond acceptors (Lipinski definition) is 1. The average molecular weight is 374 g/mol. The quantitative estimate of drug-likeness (QED) is 0.324. The van der Waals surface area contributed by atoms with Crippen LogP contribution in [0.25, 0.3) is 0 Å². The van der Waals surface area contributed by atoms with Gasteiger partial charge in [-0.15, -0.1) is 0 Å². The lowest BCUT2D eigenvalue weighted by Gasteiger charge is -2.29. The summed E-state index contributed by atoms with van der Waals surface area (Å²) in [4.78, 5) is 0. The fourth-order valence-electron chi connectivity index (χ4n) is 2.07. The molecule has 19 heavy (non-hydrogen) atoms. The highest BCUT2D eigenvalue weighted by atomic mass is 127. The van der Waals surface area contributed by atoms with Gasteiger partial charge >= 0.3 is 0 Å². The first-order chi connectivity index (χ1) is 9.03. The number of benzene rings is 1.